The fourth-order valence-electron chi connectivity index (χ4n) is 1.29. The van der Waals surface area contributed by atoms with Crippen LogP contribution in [0.4, 0.5) is 0 Å². The maximum absolute atomic E-state index is 5.15. The summed E-state index contributed by atoms with van der Waals surface area (Å²) in [6, 6.07) is 11.9. The summed E-state index contributed by atoms with van der Waals surface area (Å²) in [5.74, 6) is 0.561. The second kappa shape index (κ2) is 3.35. The molecule has 66 valence electrons. The van der Waals surface area contributed by atoms with Crippen molar-refractivity contribution >= 4 is 0 Å². The van der Waals surface area contributed by atoms with Gasteiger partial charge in [-0.25, -0.2) is 0 Å². The average Bonchev–Trinajstić information content (AvgIpc) is 2.67. The minimum atomic E-state index is 0.561. The lowest BCUT2D eigenvalue weighted by Gasteiger charge is -1.99. The van der Waals surface area contributed by atoms with Crippen molar-refractivity contribution in [2.45, 2.75) is 0 Å². The molecule has 0 amide bonds. The lowest BCUT2D eigenvalue weighted by molar-refractivity contribution is 0.306. The van der Waals surface area contributed by atoms with Crippen LogP contribution in [0.5, 0.6) is 5.95 Å². The number of rotatable bonds is 2. The van der Waals surface area contributed by atoms with Crippen molar-refractivity contribution in [3.8, 4) is 17.1 Å². The van der Waals surface area contributed by atoms with Gasteiger partial charge in [-0.15, -0.1) is 0 Å². The van der Waals surface area contributed by atoms with E-state index in [1.807, 2.05) is 36.4 Å². The summed E-state index contributed by atoms with van der Waals surface area (Å²) < 4.78 is 10.2. The normalized spacial score (nSPS) is 9.92. The van der Waals surface area contributed by atoms with Crippen molar-refractivity contribution in [1.29, 1.82) is 0 Å². The van der Waals surface area contributed by atoms with E-state index in [4.69, 9.17) is 9.15 Å². The highest BCUT2D eigenvalue weighted by molar-refractivity contribution is 5.67. The first-order chi connectivity index (χ1) is 6.42. The molecular weight excluding hydrogens is 164 g/mol. The zero-order chi connectivity index (χ0) is 9.10. The molecule has 1 aromatic heterocycles. The Bertz CT molecular complexity index is 376. The molecule has 2 heteroatoms. The summed E-state index contributed by atoms with van der Waals surface area (Å²) in [6.07, 6.45) is 1.63. The second-order valence-corrected chi connectivity index (χ2v) is 2.69. The van der Waals surface area contributed by atoms with E-state index in [1.54, 1.807) is 13.4 Å². The summed E-state index contributed by atoms with van der Waals surface area (Å²) in [5, 5.41) is 0. The number of hydrogen-bond acceptors (Lipinski definition) is 2. The standard InChI is InChI=1S/C11H10O2/c1-12-11-10(7-8-13-11)9-5-3-2-4-6-9/h2-8H,1H3. The first-order valence-corrected chi connectivity index (χ1v) is 4.08. The molecule has 0 aliphatic heterocycles. The minimum absolute atomic E-state index is 0.561. The SMILES string of the molecule is COc1occc1-c1ccccc1. The van der Waals surface area contributed by atoms with Gasteiger partial charge in [0.15, 0.2) is 0 Å². The van der Waals surface area contributed by atoms with Crippen molar-refractivity contribution in [3.63, 3.8) is 0 Å². The van der Waals surface area contributed by atoms with Crippen molar-refractivity contribution in [1.82, 2.24) is 0 Å². The zero-order valence-electron chi connectivity index (χ0n) is 7.36. The number of benzene rings is 1. The molecule has 0 bridgehead atoms. The van der Waals surface area contributed by atoms with E-state index in [9.17, 15) is 0 Å². The summed E-state index contributed by atoms with van der Waals surface area (Å²) in [4.78, 5) is 0. The maximum Gasteiger partial charge on any atom is 0.292 e. The first kappa shape index (κ1) is 7.92. The fraction of sp³-hybridized carbons (Fsp3) is 0.0909. The van der Waals surface area contributed by atoms with E-state index >= 15 is 0 Å². The van der Waals surface area contributed by atoms with Gasteiger partial charge in [0.1, 0.15) is 0 Å². The lowest BCUT2D eigenvalue weighted by atomic mass is 10.1. The van der Waals surface area contributed by atoms with Gasteiger partial charge < -0.3 is 9.15 Å². The van der Waals surface area contributed by atoms with E-state index in [0.29, 0.717) is 5.95 Å². The van der Waals surface area contributed by atoms with Gasteiger partial charge in [0.25, 0.3) is 5.95 Å². The maximum atomic E-state index is 5.15. The van der Waals surface area contributed by atoms with Crippen LogP contribution in [0.2, 0.25) is 0 Å². The number of furan rings is 1. The number of ether oxygens (including phenoxy) is 1. The third kappa shape index (κ3) is 1.43. The Hall–Kier alpha value is -1.70. The molecule has 2 rings (SSSR count). The minimum Gasteiger partial charge on any atom is -0.468 e. The molecule has 0 radical (unpaired) electrons. The highest BCUT2D eigenvalue weighted by Crippen LogP contribution is 2.30. The predicted octanol–water partition coefficient (Wildman–Crippen LogP) is 2.96. The second-order valence-electron chi connectivity index (χ2n) is 2.69. The molecule has 0 saturated heterocycles. The van der Waals surface area contributed by atoms with Crippen LogP contribution in [-0.4, -0.2) is 7.11 Å². The largest absolute Gasteiger partial charge is 0.468 e. The molecule has 2 nitrogen and oxygen atoms in total. The number of methoxy groups -OCH3 is 1. The molecule has 0 atom stereocenters. The summed E-state index contributed by atoms with van der Waals surface area (Å²) in [6.45, 7) is 0. The van der Waals surface area contributed by atoms with Crippen LogP contribution in [0.1, 0.15) is 0 Å². The molecule has 0 N–H and O–H groups in total. The van der Waals surface area contributed by atoms with Gasteiger partial charge in [-0.05, 0) is 11.6 Å². The van der Waals surface area contributed by atoms with Gasteiger partial charge in [0.05, 0.1) is 18.9 Å². The van der Waals surface area contributed by atoms with Gasteiger partial charge in [-0.1, -0.05) is 30.3 Å². The molecule has 2 aromatic rings. The fourth-order valence-corrected chi connectivity index (χ4v) is 1.29. The van der Waals surface area contributed by atoms with Crippen LogP contribution in [0, 0.1) is 0 Å². The molecule has 0 aliphatic carbocycles. The van der Waals surface area contributed by atoms with Crippen LogP contribution in [0.3, 0.4) is 0 Å². The average molecular weight is 174 g/mol. The summed E-state index contributed by atoms with van der Waals surface area (Å²) >= 11 is 0. The number of hydrogen-bond donors (Lipinski definition) is 0. The summed E-state index contributed by atoms with van der Waals surface area (Å²) in [7, 11) is 1.60. The Labute approximate surface area is 76.8 Å². The van der Waals surface area contributed by atoms with Gasteiger partial charge in [-0.2, -0.15) is 0 Å². The Balaban J connectivity index is 2.47. The predicted molar refractivity (Wildman–Crippen MR) is 50.7 cm³/mol. The highest BCUT2D eigenvalue weighted by atomic mass is 16.6. The van der Waals surface area contributed by atoms with E-state index in [2.05, 4.69) is 0 Å². The highest BCUT2D eigenvalue weighted by Gasteiger charge is 2.07. The van der Waals surface area contributed by atoms with Crippen molar-refractivity contribution < 1.29 is 9.15 Å². The van der Waals surface area contributed by atoms with Crippen LogP contribution >= 0.6 is 0 Å². The van der Waals surface area contributed by atoms with Crippen LogP contribution in [-0.2, 0) is 0 Å². The molecule has 0 aliphatic rings. The monoisotopic (exact) mass is 174 g/mol. The van der Waals surface area contributed by atoms with Crippen molar-refractivity contribution in [3.05, 3.63) is 42.7 Å². The van der Waals surface area contributed by atoms with Crippen molar-refractivity contribution in [2.24, 2.45) is 0 Å². The molecule has 1 heterocycles. The molecule has 1 aromatic carbocycles. The van der Waals surface area contributed by atoms with Crippen LogP contribution in [0.15, 0.2) is 47.1 Å². The van der Waals surface area contributed by atoms with Gasteiger partial charge in [0, 0.05) is 0 Å². The Morgan fingerprint density at radius 2 is 1.85 bits per heavy atom. The van der Waals surface area contributed by atoms with E-state index in [0.717, 1.165) is 11.1 Å². The van der Waals surface area contributed by atoms with Crippen LogP contribution in [0.25, 0.3) is 11.1 Å². The topological polar surface area (TPSA) is 22.4 Å². The van der Waals surface area contributed by atoms with Gasteiger partial charge in [0.2, 0.25) is 0 Å². The van der Waals surface area contributed by atoms with Crippen molar-refractivity contribution in [2.75, 3.05) is 7.11 Å². The quantitative estimate of drug-likeness (QED) is 0.698. The Morgan fingerprint density at radius 1 is 1.08 bits per heavy atom. The molecular formula is C11H10O2. The van der Waals surface area contributed by atoms with E-state index in [-0.39, 0.29) is 0 Å². The first-order valence-electron chi connectivity index (χ1n) is 4.08. The smallest absolute Gasteiger partial charge is 0.292 e. The third-order valence-corrected chi connectivity index (χ3v) is 1.90. The zero-order valence-corrected chi connectivity index (χ0v) is 7.36. The molecule has 0 unspecified atom stereocenters. The third-order valence-electron chi connectivity index (χ3n) is 1.90. The van der Waals surface area contributed by atoms with Crippen LogP contribution < -0.4 is 4.74 Å². The molecule has 0 fully saturated rings. The lowest BCUT2D eigenvalue weighted by Crippen LogP contribution is -1.82. The summed E-state index contributed by atoms with van der Waals surface area (Å²) in [5.41, 5.74) is 2.09. The van der Waals surface area contributed by atoms with Gasteiger partial charge >= 0.3 is 0 Å². The molecule has 0 spiro atoms. The Morgan fingerprint density at radius 3 is 2.54 bits per heavy atom. The van der Waals surface area contributed by atoms with E-state index in [1.165, 1.54) is 0 Å². The van der Waals surface area contributed by atoms with E-state index < -0.39 is 0 Å². The molecule has 13 heavy (non-hydrogen) atoms. The Kier molecular flexibility index (Phi) is 2.04. The molecule has 0 saturated carbocycles. The van der Waals surface area contributed by atoms with Gasteiger partial charge in [-0.3, -0.25) is 0 Å².